The number of rotatable bonds is 9. The molecular formula is C34H45F2N3O3Si. The summed E-state index contributed by atoms with van der Waals surface area (Å²) in [6.07, 6.45) is -0.411. The number of aromatic nitrogens is 2. The van der Waals surface area contributed by atoms with Crippen LogP contribution in [-0.2, 0) is 28.1 Å². The zero-order valence-corrected chi connectivity index (χ0v) is 27.5. The van der Waals surface area contributed by atoms with Crippen LogP contribution in [0.15, 0.2) is 72.8 Å². The lowest BCUT2D eigenvalue weighted by Crippen LogP contribution is -2.66. The van der Waals surface area contributed by atoms with Gasteiger partial charge in [0.2, 0.25) is 0 Å². The Morgan fingerprint density at radius 3 is 2.09 bits per heavy atom. The Morgan fingerprint density at radius 2 is 1.58 bits per heavy atom. The molecule has 1 aliphatic heterocycles. The predicted molar refractivity (Wildman–Crippen MR) is 169 cm³/mol. The second-order valence-electron chi connectivity index (χ2n) is 13.6. The number of nitrogens with zero attached hydrogens (tertiary/aromatic N) is 2. The van der Waals surface area contributed by atoms with Gasteiger partial charge in [-0.1, -0.05) is 93.6 Å². The van der Waals surface area contributed by atoms with Gasteiger partial charge in [-0.2, -0.15) is 13.9 Å². The van der Waals surface area contributed by atoms with E-state index in [1.807, 2.05) is 43.3 Å². The molecule has 0 bridgehead atoms. The Kier molecular flexibility index (Phi) is 9.37. The van der Waals surface area contributed by atoms with E-state index in [4.69, 9.17) is 9.16 Å². The summed E-state index contributed by atoms with van der Waals surface area (Å²) in [5.74, 6) is -3.24. The van der Waals surface area contributed by atoms with E-state index in [2.05, 4.69) is 61.8 Å². The Hall–Kier alpha value is -3.30. The minimum absolute atomic E-state index is 0.0102. The van der Waals surface area contributed by atoms with Gasteiger partial charge in [0.15, 0.2) is 0 Å². The number of halogens is 2. The first-order chi connectivity index (χ1) is 20.0. The number of H-pyrrole nitrogens is 1. The molecule has 0 unspecified atom stereocenters. The van der Waals surface area contributed by atoms with Crippen molar-refractivity contribution in [3.8, 4) is 0 Å². The molecule has 2 aromatic carbocycles. The predicted octanol–water partition coefficient (Wildman–Crippen LogP) is 7.10. The lowest BCUT2D eigenvalue weighted by molar-refractivity contribution is -0.0126. The van der Waals surface area contributed by atoms with E-state index in [0.717, 1.165) is 10.4 Å². The molecule has 2 heterocycles. The zero-order chi connectivity index (χ0) is 31.6. The highest BCUT2D eigenvalue weighted by atomic mass is 28.4. The van der Waals surface area contributed by atoms with Gasteiger partial charge in [-0.3, -0.25) is 5.10 Å². The van der Waals surface area contributed by atoms with Gasteiger partial charge in [-0.15, -0.1) is 0 Å². The molecule has 0 saturated heterocycles. The normalized spacial score (nSPS) is 16.1. The Bertz CT molecular complexity index is 1370. The molecule has 1 atom stereocenters. The average molecular weight is 610 g/mol. The quantitative estimate of drug-likeness (QED) is 0.208. The summed E-state index contributed by atoms with van der Waals surface area (Å²) in [5, 5.41) is 8.85. The maximum atomic E-state index is 15.8. The molecule has 1 amide bonds. The number of hydrogen-bond donors (Lipinski definition) is 1. The van der Waals surface area contributed by atoms with E-state index in [1.165, 1.54) is 4.90 Å². The van der Waals surface area contributed by atoms with Gasteiger partial charge in [-0.05, 0) is 49.5 Å². The van der Waals surface area contributed by atoms with Crippen LogP contribution < -0.4 is 10.4 Å². The van der Waals surface area contributed by atoms with Gasteiger partial charge in [0, 0.05) is 31.1 Å². The third kappa shape index (κ3) is 7.10. The number of hydrogen-bond acceptors (Lipinski definition) is 4. The summed E-state index contributed by atoms with van der Waals surface area (Å²) >= 11 is 0. The second kappa shape index (κ2) is 12.4. The van der Waals surface area contributed by atoms with Crippen molar-refractivity contribution in [3.63, 3.8) is 0 Å². The highest BCUT2D eigenvalue weighted by Crippen LogP contribution is 2.40. The van der Waals surface area contributed by atoms with Gasteiger partial charge < -0.3 is 14.1 Å². The molecule has 1 aromatic heterocycles. The maximum Gasteiger partial charge on any atom is 0.410 e. The number of nitrogens with one attached hydrogen (secondary N) is 1. The molecular weight excluding hydrogens is 564 g/mol. The van der Waals surface area contributed by atoms with Crippen LogP contribution in [-0.4, -0.2) is 47.8 Å². The van der Waals surface area contributed by atoms with E-state index >= 15 is 8.78 Å². The van der Waals surface area contributed by atoms with E-state index < -0.39 is 32.4 Å². The lowest BCUT2D eigenvalue weighted by Gasteiger charge is -2.43. The molecule has 43 heavy (non-hydrogen) atoms. The van der Waals surface area contributed by atoms with E-state index in [-0.39, 0.29) is 36.3 Å². The monoisotopic (exact) mass is 609 g/mol. The Balaban J connectivity index is 1.50. The number of fused-ring (bicyclic) bond motifs is 1. The van der Waals surface area contributed by atoms with Crippen LogP contribution >= 0.6 is 0 Å². The molecule has 0 spiro atoms. The molecule has 0 aliphatic carbocycles. The smallest absolute Gasteiger partial charge is 0.410 e. The van der Waals surface area contributed by atoms with Crippen molar-refractivity contribution in [3.05, 3.63) is 89.8 Å². The maximum absolute atomic E-state index is 15.8. The summed E-state index contributed by atoms with van der Waals surface area (Å²) in [5.41, 5.74) is 0.346. The SMILES string of the molecule is C=C(CCO[Si](c1ccccc1)(c1ccccc1)C(C)(C)C)CC(F)(F)c1[nH]nc2c1CN(C(=O)OC(C)(C)C)[C@H](C)C2. The molecule has 3 aromatic rings. The van der Waals surface area contributed by atoms with Crippen molar-refractivity contribution in [2.45, 2.75) is 96.9 Å². The minimum atomic E-state index is -3.24. The fraction of sp³-hybridized carbons (Fsp3) is 0.471. The number of benzene rings is 2. The average Bonchev–Trinajstić information content (AvgIpc) is 3.33. The van der Waals surface area contributed by atoms with Crippen LogP contribution in [0.2, 0.25) is 5.04 Å². The zero-order valence-electron chi connectivity index (χ0n) is 26.5. The second-order valence-corrected chi connectivity index (χ2v) is 17.9. The van der Waals surface area contributed by atoms with Crippen molar-refractivity contribution < 1.29 is 22.7 Å². The molecule has 6 nitrogen and oxygen atoms in total. The van der Waals surface area contributed by atoms with Crippen LogP contribution in [0, 0.1) is 0 Å². The molecule has 1 N–H and O–H groups in total. The van der Waals surface area contributed by atoms with Crippen LogP contribution in [0.3, 0.4) is 0 Å². The number of amides is 1. The van der Waals surface area contributed by atoms with Crippen LogP contribution in [0.25, 0.3) is 0 Å². The van der Waals surface area contributed by atoms with E-state index in [0.29, 0.717) is 23.3 Å². The standard InChI is InChI=1S/C34H45F2N3O3Si/c1-24(19-20-41-43(33(6,7)8,26-15-11-9-12-16-26)27-17-13-10-14-18-27)22-34(35,36)30-28-23-39(31(40)42-32(3,4)5)25(2)21-29(28)37-38-30/h9-18,25H,1,19-23H2,2-8H3,(H,37,38)/t25-/m1/s1. The van der Waals surface area contributed by atoms with Crippen molar-refractivity contribution >= 4 is 24.8 Å². The molecule has 0 fully saturated rings. The topological polar surface area (TPSA) is 67.5 Å². The highest BCUT2D eigenvalue weighted by molar-refractivity contribution is 6.99. The van der Waals surface area contributed by atoms with E-state index in [1.54, 1.807) is 20.8 Å². The van der Waals surface area contributed by atoms with Crippen molar-refractivity contribution in [1.82, 2.24) is 15.1 Å². The third-order valence-corrected chi connectivity index (χ3v) is 13.0. The van der Waals surface area contributed by atoms with Crippen molar-refractivity contribution in [2.75, 3.05) is 6.61 Å². The molecule has 9 heteroatoms. The van der Waals surface area contributed by atoms with E-state index in [9.17, 15) is 4.79 Å². The molecule has 0 saturated carbocycles. The third-order valence-electron chi connectivity index (χ3n) is 7.96. The highest BCUT2D eigenvalue weighted by Gasteiger charge is 2.50. The number of carbonyl (C=O) groups excluding carboxylic acids is 1. The van der Waals surface area contributed by atoms with Gasteiger partial charge >= 0.3 is 6.09 Å². The Labute approximate surface area is 255 Å². The lowest BCUT2D eigenvalue weighted by atomic mass is 9.95. The van der Waals surface area contributed by atoms with Crippen LogP contribution in [0.4, 0.5) is 13.6 Å². The first-order valence-corrected chi connectivity index (χ1v) is 16.8. The molecule has 4 rings (SSSR count). The summed E-state index contributed by atoms with van der Waals surface area (Å²) in [4.78, 5) is 14.3. The number of aromatic amines is 1. The van der Waals surface area contributed by atoms with Gasteiger partial charge in [0.1, 0.15) is 11.3 Å². The fourth-order valence-electron chi connectivity index (χ4n) is 5.93. The van der Waals surface area contributed by atoms with Crippen LogP contribution in [0.1, 0.15) is 78.3 Å². The number of alkyl halides is 2. The minimum Gasteiger partial charge on any atom is -0.444 e. The largest absolute Gasteiger partial charge is 0.444 e. The number of ether oxygens (including phenoxy) is 1. The van der Waals surface area contributed by atoms with Gasteiger partial charge in [0.25, 0.3) is 14.2 Å². The summed E-state index contributed by atoms with van der Waals surface area (Å²) in [6, 6.07) is 20.3. The first kappa shape index (κ1) is 32.6. The summed E-state index contributed by atoms with van der Waals surface area (Å²) in [7, 11) is -2.78. The summed E-state index contributed by atoms with van der Waals surface area (Å²) in [6.45, 7) is 18.1. The summed E-state index contributed by atoms with van der Waals surface area (Å²) < 4.78 is 44.0. The Morgan fingerprint density at radius 1 is 1.02 bits per heavy atom. The van der Waals surface area contributed by atoms with Crippen LogP contribution in [0.5, 0.6) is 0 Å². The molecule has 0 radical (unpaired) electrons. The van der Waals surface area contributed by atoms with Crippen molar-refractivity contribution in [2.24, 2.45) is 0 Å². The van der Waals surface area contributed by atoms with Crippen molar-refractivity contribution in [1.29, 1.82) is 0 Å². The molecule has 1 aliphatic rings. The number of carbonyl (C=O) groups is 1. The molecule has 232 valence electrons. The van der Waals surface area contributed by atoms with Gasteiger partial charge in [-0.25, -0.2) is 4.79 Å². The fourth-order valence-corrected chi connectivity index (χ4v) is 10.5. The first-order valence-electron chi connectivity index (χ1n) is 14.9. The van der Waals surface area contributed by atoms with Gasteiger partial charge in [0.05, 0.1) is 12.2 Å².